The van der Waals surface area contributed by atoms with Crippen LogP contribution in [0.4, 0.5) is 0 Å². The summed E-state index contributed by atoms with van der Waals surface area (Å²) in [5, 5.41) is 2.41. The van der Waals surface area contributed by atoms with Crippen molar-refractivity contribution in [2.24, 2.45) is 0 Å². The Labute approximate surface area is 145 Å². The Morgan fingerprint density at radius 1 is 1.00 bits per heavy atom. The second-order valence-corrected chi connectivity index (χ2v) is 6.59. The monoisotopic (exact) mass is 334 g/mol. The third-order valence-corrected chi connectivity index (χ3v) is 5.12. The highest BCUT2D eigenvalue weighted by Crippen LogP contribution is 2.32. The van der Waals surface area contributed by atoms with Crippen LogP contribution in [-0.2, 0) is 6.54 Å². The maximum Gasteiger partial charge on any atom is 0.119 e. The fraction of sp³-hybridized carbons (Fsp3) is 0.150. The van der Waals surface area contributed by atoms with Crippen molar-refractivity contribution in [2.75, 3.05) is 13.4 Å². The van der Waals surface area contributed by atoms with E-state index in [-0.39, 0.29) is 0 Å². The minimum atomic E-state index is 0.826. The quantitative estimate of drug-likeness (QED) is 0.493. The molecule has 0 aliphatic heterocycles. The van der Waals surface area contributed by atoms with E-state index in [0.29, 0.717) is 0 Å². The van der Waals surface area contributed by atoms with Gasteiger partial charge in [0.1, 0.15) is 5.75 Å². The lowest BCUT2D eigenvalue weighted by atomic mass is 10.2. The maximum absolute atomic E-state index is 5.40. The molecule has 0 fully saturated rings. The molecule has 0 amide bonds. The van der Waals surface area contributed by atoms with Gasteiger partial charge < -0.3 is 9.30 Å². The van der Waals surface area contributed by atoms with Crippen LogP contribution < -0.4 is 4.74 Å². The van der Waals surface area contributed by atoms with Gasteiger partial charge in [0, 0.05) is 33.9 Å². The van der Waals surface area contributed by atoms with Crippen molar-refractivity contribution in [1.29, 1.82) is 0 Å². The highest BCUT2D eigenvalue weighted by molar-refractivity contribution is 7.98. The number of fused-ring (bicyclic) bond motifs is 3. The molecular formula is C20H18N2OS. The zero-order chi connectivity index (χ0) is 16.5. The average molecular weight is 334 g/mol. The Bertz CT molecular complexity index is 1010. The molecule has 4 rings (SSSR count). The van der Waals surface area contributed by atoms with Crippen molar-refractivity contribution in [1.82, 2.24) is 9.55 Å². The minimum Gasteiger partial charge on any atom is -0.497 e. The number of aromatic nitrogens is 2. The minimum absolute atomic E-state index is 0.826. The van der Waals surface area contributed by atoms with E-state index in [9.17, 15) is 0 Å². The molecule has 0 radical (unpaired) electrons. The summed E-state index contributed by atoms with van der Waals surface area (Å²) in [4.78, 5) is 5.61. The number of rotatable bonds is 4. The van der Waals surface area contributed by atoms with Gasteiger partial charge >= 0.3 is 0 Å². The molecule has 2 aromatic heterocycles. The Kier molecular flexibility index (Phi) is 3.90. The normalized spacial score (nSPS) is 11.2. The summed E-state index contributed by atoms with van der Waals surface area (Å²) in [6, 6.07) is 17.1. The lowest BCUT2D eigenvalue weighted by Crippen LogP contribution is -1.99. The molecule has 0 saturated carbocycles. The third kappa shape index (κ3) is 2.53. The highest BCUT2D eigenvalue weighted by Gasteiger charge is 2.12. The first-order valence-corrected chi connectivity index (χ1v) is 9.05. The van der Waals surface area contributed by atoms with Gasteiger partial charge in [-0.05, 0) is 48.2 Å². The van der Waals surface area contributed by atoms with E-state index >= 15 is 0 Å². The molecule has 2 heterocycles. The summed E-state index contributed by atoms with van der Waals surface area (Å²) in [5.41, 5.74) is 3.63. The van der Waals surface area contributed by atoms with Crippen LogP contribution >= 0.6 is 11.8 Å². The van der Waals surface area contributed by atoms with Crippen LogP contribution in [0.5, 0.6) is 5.75 Å². The van der Waals surface area contributed by atoms with Crippen molar-refractivity contribution in [3.63, 3.8) is 0 Å². The summed E-state index contributed by atoms with van der Waals surface area (Å²) < 4.78 is 7.72. The van der Waals surface area contributed by atoms with E-state index < -0.39 is 0 Å². The number of hydrogen-bond acceptors (Lipinski definition) is 3. The van der Waals surface area contributed by atoms with Crippen LogP contribution in [0.15, 0.2) is 65.8 Å². The molecule has 4 aromatic rings. The van der Waals surface area contributed by atoms with Crippen LogP contribution in [0.25, 0.3) is 21.8 Å². The van der Waals surface area contributed by atoms with Crippen LogP contribution in [0.1, 0.15) is 5.56 Å². The van der Waals surface area contributed by atoms with Gasteiger partial charge in [-0.15, -0.1) is 11.8 Å². The molecule has 3 nitrogen and oxygen atoms in total. The topological polar surface area (TPSA) is 27.1 Å². The molecule has 2 aromatic carbocycles. The van der Waals surface area contributed by atoms with Gasteiger partial charge in [0.05, 0.1) is 18.8 Å². The van der Waals surface area contributed by atoms with Crippen molar-refractivity contribution in [2.45, 2.75) is 11.4 Å². The molecule has 0 unspecified atom stereocenters. The summed E-state index contributed by atoms with van der Waals surface area (Å²) in [6.45, 7) is 0.826. The van der Waals surface area contributed by atoms with Crippen molar-refractivity contribution in [3.05, 3.63) is 66.5 Å². The number of benzene rings is 2. The van der Waals surface area contributed by atoms with Gasteiger partial charge in [0.25, 0.3) is 0 Å². The van der Waals surface area contributed by atoms with Crippen LogP contribution in [-0.4, -0.2) is 22.9 Å². The first-order chi connectivity index (χ1) is 11.8. The van der Waals surface area contributed by atoms with Crippen molar-refractivity contribution >= 4 is 33.6 Å². The fourth-order valence-corrected chi connectivity index (χ4v) is 3.54. The zero-order valence-corrected chi connectivity index (χ0v) is 14.5. The fourth-order valence-electron chi connectivity index (χ4n) is 3.14. The number of thioether (sulfide) groups is 1. The van der Waals surface area contributed by atoms with Gasteiger partial charge in [-0.2, -0.15) is 0 Å². The predicted molar refractivity (Wildman–Crippen MR) is 101 cm³/mol. The van der Waals surface area contributed by atoms with E-state index in [1.54, 1.807) is 18.9 Å². The molecule has 0 aliphatic rings. The van der Waals surface area contributed by atoms with Crippen LogP contribution in [0, 0.1) is 0 Å². The standard InChI is InChI=1S/C20H18N2OS/c1-23-15-5-8-19-18(11-15)17-9-10-21-12-20(17)22(19)13-14-3-6-16(24-2)7-4-14/h3-12H,13H2,1-2H3. The van der Waals surface area contributed by atoms with Crippen molar-refractivity contribution < 1.29 is 4.74 Å². The molecule has 4 heteroatoms. The summed E-state index contributed by atoms with van der Waals surface area (Å²) in [5.74, 6) is 0.877. The van der Waals surface area contributed by atoms with E-state index in [0.717, 1.165) is 17.8 Å². The van der Waals surface area contributed by atoms with Crippen molar-refractivity contribution in [3.8, 4) is 5.75 Å². The number of hydrogen-bond donors (Lipinski definition) is 0. The van der Waals surface area contributed by atoms with E-state index in [1.165, 1.54) is 26.7 Å². The first kappa shape index (κ1) is 15.1. The summed E-state index contributed by atoms with van der Waals surface area (Å²) >= 11 is 1.76. The molecular weight excluding hydrogens is 316 g/mol. The highest BCUT2D eigenvalue weighted by atomic mass is 32.2. The number of ether oxygens (including phenoxy) is 1. The van der Waals surface area contributed by atoms with Gasteiger partial charge in [0.2, 0.25) is 0 Å². The average Bonchev–Trinajstić information content (AvgIpc) is 2.96. The third-order valence-electron chi connectivity index (χ3n) is 4.38. The second-order valence-electron chi connectivity index (χ2n) is 5.71. The lowest BCUT2D eigenvalue weighted by molar-refractivity contribution is 0.415. The predicted octanol–water partition coefficient (Wildman–Crippen LogP) is 4.97. The molecule has 24 heavy (non-hydrogen) atoms. The van der Waals surface area contributed by atoms with E-state index in [4.69, 9.17) is 4.74 Å². The molecule has 0 saturated heterocycles. The summed E-state index contributed by atoms with van der Waals surface area (Å²) in [6.07, 6.45) is 5.89. The number of methoxy groups -OCH3 is 1. The maximum atomic E-state index is 5.40. The largest absolute Gasteiger partial charge is 0.497 e. The molecule has 0 atom stereocenters. The zero-order valence-electron chi connectivity index (χ0n) is 13.7. The molecule has 0 spiro atoms. The second kappa shape index (κ2) is 6.21. The Hall–Kier alpha value is -2.46. The Morgan fingerprint density at radius 3 is 2.58 bits per heavy atom. The van der Waals surface area contributed by atoms with Gasteiger partial charge in [0.15, 0.2) is 0 Å². The molecule has 120 valence electrons. The lowest BCUT2D eigenvalue weighted by Gasteiger charge is -2.08. The number of pyridine rings is 1. The SMILES string of the molecule is COc1ccc2c(c1)c1ccncc1n2Cc1ccc(SC)cc1. The van der Waals surface area contributed by atoms with Gasteiger partial charge in [-0.25, -0.2) is 0 Å². The molecule has 0 aliphatic carbocycles. The van der Waals surface area contributed by atoms with Crippen LogP contribution in [0.3, 0.4) is 0 Å². The Morgan fingerprint density at radius 2 is 1.83 bits per heavy atom. The van der Waals surface area contributed by atoms with Crippen LogP contribution in [0.2, 0.25) is 0 Å². The van der Waals surface area contributed by atoms with E-state index in [1.807, 2.05) is 18.5 Å². The molecule has 0 N–H and O–H groups in total. The Balaban J connectivity index is 1.88. The smallest absolute Gasteiger partial charge is 0.119 e. The van der Waals surface area contributed by atoms with Gasteiger partial charge in [-0.1, -0.05) is 12.1 Å². The summed E-state index contributed by atoms with van der Waals surface area (Å²) in [7, 11) is 1.70. The van der Waals surface area contributed by atoms with E-state index in [2.05, 4.69) is 58.3 Å². The first-order valence-electron chi connectivity index (χ1n) is 7.83. The molecule has 0 bridgehead atoms. The number of nitrogens with zero attached hydrogens (tertiary/aromatic N) is 2. The van der Waals surface area contributed by atoms with Gasteiger partial charge in [-0.3, -0.25) is 4.98 Å².